The fourth-order valence-corrected chi connectivity index (χ4v) is 4.60. The van der Waals surface area contributed by atoms with Crippen LogP contribution in [-0.2, 0) is 28.7 Å². The van der Waals surface area contributed by atoms with Crippen LogP contribution in [0, 0.1) is 23.7 Å². The zero-order valence-electron chi connectivity index (χ0n) is 14.8. The molecule has 3 aliphatic rings. The Morgan fingerprint density at radius 2 is 1.78 bits per heavy atom. The van der Waals surface area contributed by atoms with Gasteiger partial charge in [-0.15, -0.1) is 0 Å². The smallest absolute Gasteiger partial charge is 0.310 e. The lowest BCUT2D eigenvalue weighted by Gasteiger charge is -2.22. The first-order chi connectivity index (χ1) is 12.9. The van der Waals surface area contributed by atoms with Crippen molar-refractivity contribution in [2.45, 2.75) is 25.9 Å². The van der Waals surface area contributed by atoms with Gasteiger partial charge in [0.25, 0.3) is 5.91 Å². The van der Waals surface area contributed by atoms with E-state index in [0.717, 1.165) is 6.42 Å². The van der Waals surface area contributed by atoms with E-state index in [9.17, 15) is 19.2 Å². The fraction of sp³-hybridized carbons (Fsp3) is 0.474. The van der Waals surface area contributed by atoms with Crippen molar-refractivity contribution in [2.24, 2.45) is 23.7 Å². The molecule has 1 aromatic rings. The van der Waals surface area contributed by atoms with E-state index in [0.29, 0.717) is 17.8 Å². The Hall–Kier alpha value is -2.90. The largest absolute Gasteiger partial charge is 0.462 e. The van der Waals surface area contributed by atoms with Crippen molar-refractivity contribution in [1.29, 1.82) is 0 Å². The first-order valence-electron chi connectivity index (χ1n) is 8.97. The van der Waals surface area contributed by atoms with E-state index in [1.54, 1.807) is 24.3 Å². The summed E-state index contributed by atoms with van der Waals surface area (Å²) in [5, 5.41) is 5.25. The summed E-state index contributed by atoms with van der Waals surface area (Å²) in [6.45, 7) is 0.997. The molecular formula is C19H20N2O6. The second kappa shape index (κ2) is 6.68. The molecule has 8 nitrogen and oxygen atoms in total. The van der Waals surface area contributed by atoms with Crippen molar-refractivity contribution in [2.75, 3.05) is 17.2 Å². The predicted octanol–water partition coefficient (Wildman–Crippen LogP) is 1.32. The van der Waals surface area contributed by atoms with Gasteiger partial charge >= 0.3 is 11.9 Å². The second-order valence-corrected chi connectivity index (χ2v) is 7.34. The van der Waals surface area contributed by atoms with Crippen LogP contribution < -0.4 is 10.6 Å². The average molecular weight is 372 g/mol. The summed E-state index contributed by atoms with van der Waals surface area (Å²) in [6, 6.07) is 6.58. The molecule has 142 valence electrons. The summed E-state index contributed by atoms with van der Waals surface area (Å²) in [5.41, 5.74) is 1.14. The van der Waals surface area contributed by atoms with Crippen LogP contribution in [0.3, 0.4) is 0 Å². The molecule has 4 rings (SSSR count). The minimum absolute atomic E-state index is 0.0414. The Labute approximate surface area is 155 Å². The molecule has 27 heavy (non-hydrogen) atoms. The normalized spacial score (nSPS) is 30.0. The first kappa shape index (κ1) is 17.5. The van der Waals surface area contributed by atoms with Crippen LogP contribution in [0.2, 0.25) is 0 Å². The van der Waals surface area contributed by atoms with Crippen molar-refractivity contribution in [3.8, 4) is 0 Å². The van der Waals surface area contributed by atoms with E-state index in [2.05, 4.69) is 10.6 Å². The van der Waals surface area contributed by atoms with Crippen molar-refractivity contribution >= 4 is 35.1 Å². The maximum Gasteiger partial charge on any atom is 0.310 e. The summed E-state index contributed by atoms with van der Waals surface area (Å²) in [6.07, 6.45) is 1.48. The third-order valence-corrected chi connectivity index (χ3v) is 5.59. The lowest BCUT2D eigenvalue weighted by molar-refractivity contribution is -0.157. The molecule has 0 spiro atoms. The number of anilines is 2. The summed E-state index contributed by atoms with van der Waals surface area (Å²) >= 11 is 0. The first-order valence-corrected chi connectivity index (χ1v) is 8.97. The Morgan fingerprint density at radius 1 is 1.11 bits per heavy atom. The van der Waals surface area contributed by atoms with Crippen molar-refractivity contribution in [1.82, 2.24) is 0 Å². The predicted molar refractivity (Wildman–Crippen MR) is 93.4 cm³/mol. The standard InChI is InChI=1S/C19H20N2O6/c1-9(22)20-11-2-4-12(5-3-11)21-15(23)8-26-18(24)16-10-6-13-14(7-10)27-19(25)17(13)16/h2-5,10,13-14,16-17H,6-8H2,1H3,(H,20,22)(H,21,23)/t10-,13+,14-,16-,17+/m1/s1. The molecule has 2 bridgehead atoms. The van der Waals surface area contributed by atoms with Gasteiger partial charge in [-0.3, -0.25) is 19.2 Å². The zero-order valence-corrected chi connectivity index (χ0v) is 14.8. The average Bonchev–Trinajstić information content (AvgIpc) is 3.23. The Kier molecular flexibility index (Phi) is 4.33. The highest BCUT2D eigenvalue weighted by atomic mass is 16.6. The van der Waals surface area contributed by atoms with Crippen LogP contribution >= 0.6 is 0 Å². The number of hydrogen-bond acceptors (Lipinski definition) is 6. The molecule has 0 unspecified atom stereocenters. The minimum atomic E-state index is -0.499. The Morgan fingerprint density at radius 3 is 2.44 bits per heavy atom. The van der Waals surface area contributed by atoms with Gasteiger partial charge in [0, 0.05) is 24.2 Å². The van der Waals surface area contributed by atoms with E-state index in [1.165, 1.54) is 6.92 Å². The third-order valence-electron chi connectivity index (χ3n) is 5.59. The number of amides is 2. The molecule has 1 saturated heterocycles. The van der Waals surface area contributed by atoms with Crippen molar-refractivity contribution in [3.63, 3.8) is 0 Å². The number of benzene rings is 1. The minimum Gasteiger partial charge on any atom is -0.462 e. The Balaban J connectivity index is 1.29. The lowest BCUT2D eigenvalue weighted by atomic mass is 9.80. The number of rotatable bonds is 5. The summed E-state index contributed by atoms with van der Waals surface area (Å²) < 4.78 is 10.5. The summed E-state index contributed by atoms with van der Waals surface area (Å²) in [5.74, 6) is -2.14. The molecule has 3 fully saturated rings. The van der Waals surface area contributed by atoms with Crippen LogP contribution in [0.1, 0.15) is 19.8 Å². The van der Waals surface area contributed by atoms with Crippen LogP contribution in [0.25, 0.3) is 0 Å². The highest BCUT2D eigenvalue weighted by molar-refractivity contribution is 5.94. The monoisotopic (exact) mass is 372 g/mol. The molecule has 2 aliphatic carbocycles. The SMILES string of the molecule is CC(=O)Nc1ccc(NC(=O)COC(=O)[C@@H]2[C@@H]3C[C@@H]4[C@@H]2C(=O)O[C@@H]4C3)cc1. The van der Waals surface area contributed by atoms with Gasteiger partial charge < -0.3 is 20.1 Å². The van der Waals surface area contributed by atoms with E-state index >= 15 is 0 Å². The molecule has 8 heteroatoms. The van der Waals surface area contributed by atoms with Gasteiger partial charge in [0.2, 0.25) is 5.91 Å². The van der Waals surface area contributed by atoms with E-state index in [-0.39, 0.29) is 29.8 Å². The molecule has 1 heterocycles. The maximum absolute atomic E-state index is 12.4. The van der Waals surface area contributed by atoms with Gasteiger partial charge in [-0.05, 0) is 43.0 Å². The highest BCUT2D eigenvalue weighted by Gasteiger charge is 2.64. The zero-order chi connectivity index (χ0) is 19.1. The van der Waals surface area contributed by atoms with E-state index in [4.69, 9.17) is 9.47 Å². The van der Waals surface area contributed by atoms with Gasteiger partial charge in [-0.2, -0.15) is 0 Å². The molecular weight excluding hydrogens is 352 g/mol. The quantitative estimate of drug-likeness (QED) is 0.755. The van der Waals surface area contributed by atoms with E-state index < -0.39 is 30.3 Å². The number of nitrogens with one attached hydrogen (secondary N) is 2. The molecule has 1 aliphatic heterocycles. The highest BCUT2D eigenvalue weighted by Crippen LogP contribution is 2.57. The molecule has 2 saturated carbocycles. The number of ether oxygens (including phenoxy) is 2. The number of carbonyl (C=O) groups is 4. The van der Waals surface area contributed by atoms with Gasteiger partial charge in [0.1, 0.15) is 6.10 Å². The van der Waals surface area contributed by atoms with Crippen LogP contribution in [0.15, 0.2) is 24.3 Å². The number of hydrogen-bond donors (Lipinski definition) is 2. The molecule has 0 aromatic heterocycles. The molecule has 0 radical (unpaired) electrons. The van der Waals surface area contributed by atoms with E-state index in [1.807, 2.05) is 0 Å². The second-order valence-electron chi connectivity index (χ2n) is 7.34. The molecule has 1 aromatic carbocycles. The molecule has 5 atom stereocenters. The molecule has 2 N–H and O–H groups in total. The maximum atomic E-state index is 12.4. The number of carbonyl (C=O) groups excluding carboxylic acids is 4. The molecule has 2 amide bonds. The van der Waals surface area contributed by atoms with Crippen LogP contribution in [0.5, 0.6) is 0 Å². The number of fused-ring (bicyclic) bond motifs is 1. The fourth-order valence-electron chi connectivity index (χ4n) is 4.60. The van der Waals surface area contributed by atoms with Crippen LogP contribution in [0.4, 0.5) is 11.4 Å². The van der Waals surface area contributed by atoms with Gasteiger partial charge in [-0.25, -0.2) is 0 Å². The lowest BCUT2D eigenvalue weighted by Crippen LogP contribution is -2.34. The van der Waals surface area contributed by atoms with Crippen molar-refractivity contribution < 1.29 is 28.7 Å². The van der Waals surface area contributed by atoms with Gasteiger partial charge in [0.15, 0.2) is 6.61 Å². The van der Waals surface area contributed by atoms with Crippen molar-refractivity contribution in [3.05, 3.63) is 24.3 Å². The van der Waals surface area contributed by atoms with Crippen LogP contribution in [-0.4, -0.2) is 36.5 Å². The summed E-state index contributed by atoms with van der Waals surface area (Å²) in [7, 11) is 0. The third kappa shape index (κ3) is 3.27. The summed E-state index contributed by atoms with van der Waals surface area (Å²) in [4.78, 5) is 47.4. The van der Waals surface area contributed by atoms with Gasteiger partial charge in [-0.1, -0.05) is 0 Å². The Bertz CT molecular complexity index is 803. The number of esters is 2. The topological polar surface area (TPSA) is 111 Å². The van der Waals surface area contributed by atoms with Gasteiger partial charge in [0.05, 0.1) is 11.8 Å².